The van der Waals surface area contributed by atoms with Crippen LogP contribution in [0.4, 0.5) is 0 Å². The maximum Gasteiger partial charge on any atom is 0.242 e. The molecule has 86 valence electrons. The van der Waals surface area contributed by atoms with E-state index < -0.39 is 0 Å². The number of morpholine rings is 1. The standard InChI is InChI=1S/C10H19N3O2/c1-12-3-5-13(6-4-12)10(14)9-8-15-7-2-11-9/h9,11H,2-8H2,1H3/t9-/m0/s1. The van der Waals surface area contributed by atoms with E-state index in [0.717, 1.165) is 32.7 Å². The maximum atomic E-state index is 12.0. The second-order valence-corrected chi connectivity index (χ2v) is 4.21. The van der Waals surface area contributed by atoms with E-state index in [1.165, 1.54) is 0 Å². The number of likely N-dealkylation sites (N-methyl/N-ethyl adjacent to an activating group) is 1. The summed E-state index contributed by atoms with van der Waals surface area (Å²) in [6, 6.07) is -0.123. The van der Waals surface area contributed by atoms with Gasteiger partial charge in [-0.2, -0.15) is 0 Å². The van der Waals surface area contributed by atoms with Crippen molar-refractivity contribution < 1.29 is 9.53 Å². The van der Waals surface area contributed by atoms with Crippen LogP contribution >= 0.6 is 0 Å². The zero-order valence-electron chi connectivity index (χ0n) is 9.24. The lowest BCUT2D eigenvalue weighted by Gasteiger charge is -2.35. The van der Waals surface area contributed by atoms with Crippen molar-refractivity contribution in [3.63, 3.8) is 0 Å². The summed E-state index contributed by atoms with van der Waals surface area (Å²) < 4.78 is 5.29. The Kier molecular flexibility index (Phi) is 3.56. The highest BCUT2D eigenvalue weighted by molar-refractivity contribution is 5.82. The highest BCUT2D eigenvalue weighted by Gasteiger charge is 2.27. The fourth-order valence-corrected chi connectivity index (χ4v) is 1.97. The van der Waals surface area contributed by atoms with Gasteiger partial charge in [0.2, 0.25) is 5.91 Å². The number of rotatable bonds is 1. The lowest BCUT2D eigenvalue weighted by molar-refractivity contribution is -0.137. The summed E-state index contributed by atoms with van der Waals surface area (Å²) in [5.41, 5.74) is 0. The molecule has 0 radical (unpaired) electrons. The fraction of sp³-hybridized carbons (Fsp3) is 0.900. The van der Waals surface area contributed by atoms with Gasteiger partial charge in [0.25, 0.3) is 0 Å². The van der Waals surface area contributed by atoms with Crippen molar-refractivity contribution in [2.24, 2.45) is 0 Å². The molecule has 0 aromatic heterocycles. The number of hydrogen-bond acceptors (Lipinski definition) is 4. The first-order valence-electron chi connectivity index (χ1n) is 5.56. The molecule has 2 fully saturated rings. The molecule has 0 saturated carbocycles. The van der Waals surface area contributed by atoms with E-state index in [1.54, 1.807) is 0 Å². The number of amides is 1. The maximum absolute atomic E-state index is 12.0. The molecule has 5 heteroatoms. The zero-order valence-corrected chi connectivity index (χ0v) is 9.24. The van der Waals surface area contributed by atoms with Gasteiger partial charge < -0.3 is 19.9 Å². The van der Waals surface area contributed by atoms with Crippen LogP contribution in [0.15, 0.2) is 0 Å². The molecular formula is C10H19N3O2. The van der Waals surface area contributed by atoms with Crippen LogP contribution in [-0.2, 0) is 9.53 Å². The van der Waals surface area contributed by atoms with E-state index >= 15 is 0 Å². The van der Waals surface area contributed by atoms with Gasteiger partial charge in [-0.15, -0.1) is 0 Å². The third-order valence-corrected chi connectivity index (χ3v) is 3.03. The van der Waals surface area contributed by atoms with Crippen LogP contribution in [0.25, 0.3) is 0 Å². The third kappa shape index (κ3) is 2.68. The predicted molar refractivity (Wildman–Crippen MR) is 56.7 cm³/mol. The molecular weight excluding hydrogens is 194 g/mol. The SMILES string of the molecule is CN1CCN(C(=O)[C@@H]2COCCN2)CC1. The smallest absolute Gasteiger partial charge is 0.242 e. The first kappa shape index (κ1) is 10.9. The molecule has 15 heavy (non-hydrogen) atoms. The van der Waals surface area contributed by atoms with Gasteiger partial charge in [0.1, 0.15) is 6.04 Å². The number of ether oxygens (including phenoxy) is 1. The van der Waals surface area contributed by atoms with Gasteiger partial charge in [0.15, 0.2) is 0 Å². The van der Waals surface area contributed by atoms with Gasteiger partial charge in [-0.3, -0.25) is 4.79 Å². The second-order valence-electron chi connectivity index (χ2n) is 4.21. The van der Waals surface area contributed by atoms with Crippen molar-refractivity contribution in [2.45, 2.75) is 6.04 Å². The fourth-order valence-electron chi connectivity index (χ4n) is 1.97. The molecule has 0 bridgehead atoms. The highest BCUT2D eigenvalue weighted by atomic mass is 16.5. The van der Waals surface area contributed by atoms with Crippen LogP contribution in [0.3, 0.4) is 0 Å². The van der Waals surface area contributed by atoms with Gasteiger partial charge >= 0.3 is 0 Å². The molecule has 2 aliphatic heterocycles. The van der Waals surface area contributed by atoms with Gasteiger partial charge in [0, 0.05) is 32.7 Å². The summed E-state index contributed by atoms with van der Waals surface area (Å²) in [6.07, 6.45) is 0. The van der Waals surface area contributed by atoms with Gasteiger partial charge in [-0.05, 0) is 7.05 Å². The monoisotopic (exact) mass is 213 g/mol. The first-order valence-corrected chi connectivity index (χ1v) is 5.56. The summed E-state index contributed by atoms with van der Waals surface area (Å²) in [5, 5.41) is 3.20. The van der Waals surface area contributed by atoms with Crippen LogP contribution in [-0.4, -0.2) is 74.7 Å². The summed E-state index contributed by atoms with van der Waals surface area (Å²) in [5.74, 6) is 0.197. The lowest BCUT2D eigenvalue weighted by atomic mass is 10.2. The number of nitrogens with zero attached hydrogens (tertiary/aromatic N) is 2. The Hall–Kier alpha value is -0.650. The summed E-state index contributed by atoms with van der Waals surface area (Å²) >= 11 is 0. The molecule has 0 aromatic rings. The van der Waals surface area contributed by atoms with Gasteiger partial charge in [0.05, 0.1) is 13.2 Å². The van der Waals surface area contributed by atoms with Crippen LogP contribution < -0.4 is 5.32 Å². The van der Waals surface area contributed by atoms with E-state index in [2.05, 4.69) is 17.3 Å². The molecule has 1 amide bonds. The number of nitrogens with one attached hydrogen (secondary N) is 1. The molecule has 0 aromatic carbocycles. The Labute approximate surface area is 90.4 Å². The Balaban J connectivity index is 1.84. The van der Waals surface area contributed by atoms with E-state index in [1.807, 2.05) is 4.90 Å². The Morgan fingerprint density at radius 3 is 2.67 bits per heavy atom. The normalized spacial score (nSPS) is 29.1. The average molecular weight is 213 g/mol. The van der Waals surface area contributed by atoms with Crippen molar-refractivity contribution in [3.8, 4) is 0 Å². The summed E-state index contributed by atoms with van der Waals surface area (Å²) in [7, 11) is 2.09. The minimum absolute atomic E-state index is 0.123. The van der Waals surface area contributed by atoms with Crippen LogP contribution in [0.5, 0.6) is 0 Å². The van der Waals surface area contributed by atoms with Gasteiger partial charge in [-0.1, -0.05) is 0 Å². The van der Waals surface area contributed by atoms with Crippen molar-refractivity contribution >= 4 is 5.91 Å². The van der Waals surface area contributed by atoms with E-state index in [9.17, 15) is 4.79 Å². The van der Waals surface area contributed by atoms with E-state index in [4.69, 9.17) is 4.74 Å². The molecule has 1 atom stereocenters. The summed E-state index contributed by atoms with van der Waals surface area (Å²) in [6.45, 7) is 5.64. The topological polar surface area (TPSA) is 44.8 Å². The lowest BCUT2D eigenvalue weighted by Crippen LogP contribution is -2.56. The predicted octanol–water partition coefficient (Wildman–Crippen LogP) is -1.25. The van der Waals surface area contributed by atoms with Crippen molar-refractivity contribution in [3.05, 3.63) is 0 Å². The molecule has 5 nitrogen and oxygen atoms in total. The highest BCUT2D eigenvalue weighted by Crippen LogP contribution is 2.04. The Morgan fingerprint density at radius 2 is 2.07 bits per heavy atom. The van der Waals surface area contributed by atoms with E-state index in [0.29, 0.717) is 13.2 Å². The quantitative estimate of drug-likeness (QED) is 0.591. The molecule has 0 spiro atoms. The Bertz CT molecular complexity index is 221. The van der Waals surface area contributed by atoms with Crippen LogP contribution in [0.2, 0.25) is 0 Å². The average Bonchev–Trinajstić information content (AvgIpc) is 2.30. The Morgan fingerprint density at radius 1 is 1.33 bits per heavy atom. The minimum Gasteiger partial charge on any atom is -0.378 e. The molecule has 2 rings (SSSR count). The molecule has 2 saturated heterocycles. The second kappa shape index (κ2) is 4.92. The molecule has 0 unspecified atom stereocenters. The van der Waals surface area contributed by atoms with Crippen molar-refractivity contribution in [2.75, 3.05) is 53.0 Å². The van der Waals surface area contributed by atoms with Gasteiger partial charge in [-0.25, -0.2) is 0 Å². The molecule has 2 aliphatic rings. The van der Waals surface area contributed by atoms with Crippen LogP contribution in [0, 0.1) is 0 Å². The first-order chi connectivity index (χ1) is 7.27. The molecule has 1 N–H and O–H groups in total. The number of carbonyl (C=O) groups is 1. The van der Waals surface area contributed by atoms with E-state index in [-0.39, 0.29) is 11.9 Å². The molecule has 2 heterocycles. The summed E-state index contributed by atoms with van der Waals surface area (Å²) in [4.78, 5) is 16.2. The largest absolute Gasteiger partial charge is 0.378 e. The van der Waals surface area contributed by atoms with Crippen LogP contribution in [0.1, 0.15) is 0 Å². The number of carbonyl (C=O) groups excluding carboxylic acids is 1. The minimum atomic E-state index is -0.123. The van der Waals surface area contributed by atoms with Crippen molar-refractivity contribution in [1.82, 2.24) is 15.1 Å². The molecule has 0 aliphatic carbocycles. The number of hydrogen-bond donors (Lipinski definition) is 1. The third-order valence-electron chi connectivity index (χ3n) is 3.03. The zero-order chi connectivity index (χ0) is 10.7. The number of piperazine rings is 1. The van der Waals surface area contributed by atoms with Crippen molar-refractivity contribution in [1.29, 1.82) is 0 Å².